The van der Waals surface area contributed by atoms with Crippen LogP contribution in [0.5, 0.6) is 0 Å². The number of fused-ring (bicyclic) bond motifs is 1. The molecule has 8 heteroatoms. The number of H-pyrrole nitrogens is 1. The molecule has 5 aromatic rings. The third kappa shape index (κ3) is 3.87. The number of nitrogens with zero attached hydrogens (tertiary/aromatic N) is 4. The van der Waals surface area contributed by atoms with Gasteiger partial charge in [-0.3, -0.25) is 10.1 Å². The Morgan fingerprint density at radius 1 is 0.767 bits per heavy atom. The zero-order chi connectivity index (χ0) is 18.9. The van der Waals surface area contributed by atoms with Crippen LogP contribution in [0, 0.1) is 5.82 Å². The van der Waals surface area contributed by atoms with Gasteiger partial charge in [-0.15, -0.1) is 24.8 Å². The van der Waals surface area contributed by atoms with Crippen LogP contribution in [0.3, 0.4) is 0 Å². The molecule has 0 saturated heterocycles. The highest BCUT2D eigenvalue weighted by molar-refractivity contribution is 5.95. The number of rotatable bonds is 3. The summed E-state index contributed by atoms with van der Waals surface area (Å²) in [5.41, 5.74) is 5.89. The largest absolute Gasteiger partial charge is 0.284 e. The summed E-state index contributed by atoms with van der Waals surface area (Å²) >= 11 is 0. The number of hydrogen-bond acceptors (Lipinski definition) is 4. The molecular formula is C22H16Cl2FN5. The van der Waals surface area contributed by atoms with Crippen molar-refractivity contribution in [3.05, 3.63) is 85.2 Å². The molecule has 0 radical (unpaired) electrons. The van der Waals surface area contributed by atoms with Crippen LogP contribution >= 0.6 is 24.8 Å². The van der Waals surface area contributed by atoms with Gasteiger partial charge in [0.1, 0.15) is 12.1 Å². The average molecular weight is 440 g/mol. The molecule has 30 heavy (non-hydrogen) atoms. The van der Waals surface area contributed by atoms with Gasteiger partial charge in [-0.2, -0.15) is 5.10 Å². The lowest BCUT2D eigenvalue weighted by molar-refractivity contribution is 0.628. The first-order chi connectivity index (χ1) is 13.8. The average Bonchev–Trinajstić information content (AvgIpc) is 3.24. The highest BCUT2D eigenvalue weighted by Crippen LogP contribution is 2.33. The summed E-state index contributed by atoms with van der Waals surface area (Å²) in [6.45, 7) is 0. The van der Waals surface area contributed by atoms with Crippen LogP contribution in [0.1, 0.15) is 0 Å². The molecule has 0 fully saturated rings. The standard InChI is InChI=1S/C22H14FN5.2ClH/c23-16-7-4-14(5-8-16)21-18(12-27-28-21)15-6-9-19-17(11-15)22(26-13-25-19)20-3-1-2-10-24-20;;/h1-13H,(H,27,28);2*1H. The second-order valence-corrected chi connectivity index (χ2v) is 6.32. The molecule has 0 saturated carbocycles. The van der Waals surface area contributed by atoms with Crippen molar-refractivity contribution in [2.24, 2.45) is 0 Å². The van der Waals surface area contributed by atoms with Crippen LogP contribution in [-0.2, 0) is 0 Å². The number of aromatic amines is 1. The first kappa shape index (κ1) is 21.4. The summed E-state index contributed by atoms with van der Waals surface area (Å²) in [4.78, 5) is 13.2. The summed E-state index contributed by atoms with van der Waals surface area (Å²) in [6.07, 6.45) is 5.13. The van der Waals surface area contributed by atoms with E-state index in [-0.39, 0.29) is 30.6 Å². The summed E-state index contributed by atoms with van der Waals surface area (Å²) in [5.74, 6) is -0.274. The van der Waals surface area contributed by atoms with Gasteiger partial charge in [0.25, 0.3) is 0 Å². The number of nitrogens with one attached hydrogen (secondary N) is 1. The Bertz CT molecular complexity index is 1270. The van der Waals surface area contributed by atoms with Gasteiger partial charge in [-0.25, -0.2) is 14.4 Å². The molecule has 0 atom stereocenters. The molecule has 0 unspecified atom stereocenters. The molecule has 0 bridgehead atoms. The van der Waals surface area contributed by atoms with E-state index in [1.54, 1.807) is 24.7 Å². The Balaban J connectivity index is 0.00000128. The number of benzene rings is 2. The summed E-state index contributed by atoms with van der Waals surface area (Å²) < 4.78 is 13.3. The molecule has 5 rings (SSSR count). The topological polar surface area (TPSA) is 67.3 Å². The lowest BCUT2D eigenvalue weighted by Crippen LogP contribution is -1.92. The van der Waals surface area contributed by atoms with Crippen molar-refractivity contribution < 1.29 is 4.39 Å². The van der Waals surface area contributed by atoms with Crippen LogP contribution in [0.25, 0.3) is 44.7 Å². The molecule has 150 valence electrons. The quantitative estimate of drug-likeness (QED) is 0.389. The Labute approximate surface area is 184 Å². The second-order valence-electron chi connectivity index (χ2n) is 6.32. The van der Waals surface area contributed by atoms with Crippen LogP contribution < -0.4 is 0 Å². The summed E-state index contributed by atoms with van der Waals surface area (Å²) in [5, 5.41) is 8.19. The molecule has 0 aliphatic rings. The monoisotopic (exact) mass is 439 g/mol. The number of hydrogen-bond donors (Lipinski definition) is 1. The summed E-state index contributed by atoms with van der Waals surface area (Å²) in [6, 6.07) is 18.0. The van der Waals surface area contributed by atoms with Gasteiger partial charge in [0, 0.05) is 28.9 Å². The van der Waals surface area contributed by atoms with Gasteiger partial charge < -0.3 is 0 Å². The number of pyridine rings is 1. The Kier molecular flexibility index (Phi) is 6.40. The van der Waals surface area contributed by atoms with Gasteiger partial charge >= 0.3 is 0 Å². The third-order valence-electron chi connectivity index (χ3n) is 4.61. The van der Waals surface area contributed by atoms with Gasteiger partial charge in [-0.1, -0.05) is 12.1 Å². The highest BCUT2D eigenvalue weighted by atomic mass is 35.5. The fourth-order valence-electron chi connectivity index (χ4n) is 3.27. The zero-order valence-corrected chi connectivity index (χ0v) is 17.1. The van der Waals surface area contributed by atoms with Crippen molar-refractivity contribution in [2.45, 2.75) is 0 Å². The Morgan fingerprint density at radius 2 is 1.57 bits per heavy atom. The van der Waals surface area contributed by atoms with E-state index in [9.17, 15) is 4.39 Å². The van der Waals surface area contributed by atoms with Crippen molar-refractivity contribution in [1.29, 1.82) is 0 Å². The van der Waals surface area contributed by atoms with E-state index in [2.05, 4.69) is 25.1 Å². The predicted octanol–water partition coefficient (Wildman–Crippen LogP) is 5.73. The van der Waals surface area contributed by atoms with Gasteiger partial charge in [-0.05, 0) is 54.1 Å². The van der Waals surface area contributed by atoms with Crippen LogP contribution in [0.4, 0.5) is 4.39 Å². The van der Waals surface area contributed by atoms with Crippen LogP contribution in [0.15, 0.2) is 79.4 Å². The molecule has 1 N–H and O–H groups in total. The van der Waals surface area contributed by atoms with Gasteiger partial charge in [0.2, 0.25) is 0 Å². The van der Waals surface area contributed by atoms with Crippen molar-refractivity contribution in [3.8, 4) is 33.8 Å². The lowest BCUT2D eigenvalue weighted by atomic mass is 9.99. The minimum absolute atomic E-state index is 0. The molecule has 3 aromatic heterocycles. The van der Waals surface area contributed by atoms with Crippen LogP contribution in [-0.4, -0.2) is 25.1 Å². The zero-order valence-electron chi connectivity index (χ0n) is 15.5. The van der Waals surface area contributed by atoms with Crippen molar-refractivity contribution in [3.63, 3.8) is 0 Å². The van der Waals surface area contributed by atoms with Gasteiger partial charge in [0.05, 0.1) is 22.6 Å². The van der Waals surface area contributed by atoms with E-state index < -0.39 is 0 Å². The lowest BCUT2D eigenvalue weighted by Gasteiger charge is -2.08. The molecule has 5 nitrogen and oxygen atoms in total. The minimum atomic E-state index is -0.274. The maximum Gasteiger partial charge on any atom is 0.123 e. The molecule has 0 spiro atoms. The summed E-state index contributed by atoms with van der Waals surface area (Å²) in [7, 11) is 0. The minimum Gasteiger partial charge on any atom is -0.284 e. The molecule has 2 aromatic carbocycles. The van der Waals surface area contributed by atoms with E-state index in [0.717, 1.165) is 44.7 Å². The van der Waals surface area contributed by atoms with Crippen molar-refractivity contribution in [1.82, 2.24) is 25.1 Å². The number of halogens is 3. The van der Waals surface area contributed by atoms with Crippen molar-refractivity contribution in [2.75, 3.05) is 0 Å². The third-order valence-corrected chi connectivity index (χ3v) is 4.61. The Morgan fingerprint density at radius 3 is 2.33 bits per heavy atom. The molecule has 0 amide bonds. The second kappa shape index (κ2) is 8.98. The van der Waals surface area contributed by atoms with Crippen molar-refractivity contribution >= 4 is 35.7 Å². The highest BCUT2D eigenvalue weighted by Gasteiger charge is 2.14. The first-order valence-electron chi connectivity index (χ1n) is 8.76. The normalized spacial score (nSPS) is 10.3. The first-order valence-corrected chi connectivity index (χ1v) is 8.76. The van der Waals surface area contributed by atoms with E-state index in [1.807, 2.05) is 42.6 Å². The van der Waals surface area contributed by atoms with E-state index >= 15 is 0 Å². The SMILES string of the molecule is Cl.Cl.Fc1ccc(-c2n[nH]cc2-c2ccc3ncnc(-c4ccccn4)c3c2)cc1. The fraction of sp³-hybridized carbons (Fsp3) is 0. The van der Waals surface area contributed by atoms with Crippen LogP contribution in [0.2, 0.25) is 0 Å². The maximum absolute atomic E-state index is 13.3. The maximum atomic E-state index is 13.3. The van der Waals surface area contributed by atoms with Gasteiger partial charge in [0.15, 0.2) is 0 Å². The van der Waals surface area contributed by atoms with E-state index in [4.69, 9.17) is 0 Å². The predicted molar refractivity (Wildman–Crippen MR) is 120 cm³/mol. The fourth-order valence-corrected chi connectivity index (χ4v) is 3.27. The Hall–Kier alpha value is -3.35. The van der Waals surface area contributed by atoms with E-state index in [0.29, 0.717) is 0 Å². The van der Waals surface area contributed by atoms with E-state index in [1.165, 1.54) is 12.1 Å². The molecule has 0 aliphatic carbocycles. The molecular weight excluding hydrogens is 424 g/mol. The number of aromatic nitrogens is 5. The smallest absolute Gasteiger partial charge is 0.123 e. The molecule has 3 heterocycles. The molecule has 0 aliphatic heterocycles.